The maximum Gasteiger partial charge on any atom is 0.141 e. The Bertz CT molecular complexity index is 611. The first-order valence-electron chi connectivity index (χ1n) is 6.20. The molecule has 0 aromatic heterocycles. The lowest BCUT2D eigenvalue weighted by Gasteiger charge is -2.19. The second-order valence-electron chi connectivity index (χ2n) is 4.42. The Balaban J connectivity index is 2.53. The Morgan fingerprint density at radius 1 is 0.950 bits per heavy atom. The second kappa shape index (κ2) is 6.64. The third-order valence-corrected chi connectivity index (χ3v) is 4.99. The van der Waals surface area contributed by atoms with Crippen LogP contribution in [0.1, 0.15) is 21.5 Å². The smallest absolute Gasteiger partial charge is 0.141 e. The number of aryl methyl sites for hydroxylation is 1. The normalized spacial score (nSPS) is 12.1. The van der Waals surface area contributed by atoms with Gasteiger partial charge in [0.15, 0.2) is 0 Å². The van der Waals surface area contributed by atoms with Crippen molar-refractivity contribution in [1.29, 1.82) is 0 Å². The van der Waals surface area contributed by atoms with E-state index in [0.717, 1.165) is 21.5 Å². The Hall–Kier alpha value is -1.00. The molecule has 106 valence electrons. The Morgan fingerprint density at radius 3 is 2.25 bits per heavy atom. The Labute approximate surface area is 136 Å². The summed E-state index contributed by atoms with van der Waals surface area (Å²) in [6, 6.07) is 12.3. The van der Waals surface area contributed by atoms with E-state index in [0.29, 0.717) is 0 Å². The van der Waals surface area contributed by atoms with Crippen LogP contribution in [0.25, 0.3) is 0 Å². The highest BCUT2D eigenvalue weighted by Crippen LogP contribution is 2.44. The minimum atomic E-state index is 0.0702. The van der Waals surface area contributed by atoms with Crippen molar-refractivity contribution in [3.05, 3.63) is 57.6 Å². The first-order valence-corrected chi connectivity index (χ1v) is 7.91. The molecule has 0 N–H and O–H groups in total. The summed E-state index contributed by atoms with van der Waals surface area (Å²) in [6.07, 6.45) is 0. The lowest BCUT2D eigenvalue weighted by Crippen LogP contribution is -2.00. The van der Waals surface area contributed by atoms with Gasteiger partial charge in [-0.05, 0) is 40.0 Å². The molecule has 0 saturated carbocycles. The van der Waals surface area contributed by atoms with E-state index in [1.54, 1.807) is 14.2 Å². The van der Waals surface area contributed by atoms with Crippen molar-refractivity contribution < 1.29 is 9.47 Å². The number of benzene rings is 2. The van der Waals surface area contributed by atoms with E-state index in [4.69, 9.17) is 9.47 Å². The largest absolute Gasteiger partial charge is 0.495 e. The molecule has 2 nitrogen and oxygen atoms in total. The molecule has 0 aliphatic rings. The van der Waals surface area contributed by atoms with Crippen LogP contribution in [0.2, 0.25) is 0 Å². The number of hydrogen-bond donors (Lipinski definition) is 0. The van der Waals surface area contributed by atoms with E-state index in [1.165, 1.54) is 11.1 Å². The fourth-order valence-corrected chi connectivity index (χ4v) is 3.72. The third-order valence-electron chi connectivity index (χ3n) is 3.25. The van der Waals surface area contributed by atoms with Gasteiger partial charge >= 0.3 is 0 Å². The first-order chi connectivity index (χ1) is 9.60. The standard InChI is InChI=1S/C16H16Br2O2/c1-10-6-4-5-7-11(10)14(17)12-8-9-13(19-2)15(18)16(12)20-3/h4-9,14H,1-3H3. The summed E-state index contributed by atoms with van der Waals surface area (Å²) in [5, 5.41) is 0. The van der Waals surface area contributed by atoms with Gasteiger partial charge in [-0.1, -0.05) is 46.3 Å². The van der Waals surface area contributed by atoms with Crippen molar-refractivity contribution >= 4 is 31.9 Å². The minimum Gasteiger partial charge on any atom is -0.495 e. The summed E-state index contributed by atoms with van der Waals surface area (Å²) >= 11 is 7.32. The van der Waals surface area contributed by atoms with Crippen LogP contribution in [-0.4, -0.2) is 14.2 Å². The highest BCUT2D eigenvalue weighted by molar-refractivity contribution is 9.10. The van der Waals surface area contributed by atoms with E-state index in [1.807, 2.05) is 24.3 Å². The topological polar surface area (TPSA) is 18.5 Å². The zero-order valence-corrected chi connectivity index (χ0v) is 14.8. The summed E-state index contributed by atoms with van der Waals surface area (Å²) in [4.78, 5) is 0.0702. The van der Waals surface area contributed by atoms with Crippen LogP contribution in [0.4, 0.5) is 0 Å². The van der Waals surface area contributed by atoms with Crippen molar-refractivity contribution in [3.8, 4) is 11.5 Å². The van der Waals surface area contributed by atoms with E-state index >= 15 is 0 Å². The highest BCUT2D eigenvalue weighted by atomic mass is 79.9. The van der Waals surface area contributed by atoms with Crippen LogP contribution in [0.3, 0.4) is 0 Å². The molecular formula is C16H16Br2O2. The molecule has 0 amide bonds. The maximum absolute atomic E-state index is 5.54. The molecule has 0 heterocycles. The number of rotatable bonds is 4. The van der Waals surface area contributed by atoms with Crippen molar-refractivity contribution in [2.75, 3.05) is 14.2 Å². The van der Waals surface area contributed by atoms with Crippen molar-refractivity contribution in [2.45, 2.75) is 11.8 Å². The summed E-state index contributed by atoms with van der Waals surface area (Å²) in [5.41, 5.74) is 3.53. The Kier molecular flexibility index (Phi) is 5.11. The van der Waals surface area contributed by atoms with Crippen LogP contribution < -0.4 is 9.47 Å². The van der Waals surface area contributed by atoms with Crippen molar-refractivity contribution in [1.82, 2.24) is 0 Å². The number of ether oxygens (including phenoxy) is 2. The monoisotopic (exact) mass is 398 g/mol. The van der Waals surface area contributed by atoms with E-state index in [2.05, 4.69) is 50.9 Å². The van der Waals surface area contributed by atoms with Gasteiger partial charge in [0.25, 0.3) is 0 Å². The van der Waals surface area contributed by atoms with Crippen molar-refractivity contribution in [3.63, 3.8) is 0 Å². The third kappa shape index (κ3) is 2.86. The van der Waals surface area contributed by atoms with E-state index < -0.39 is 0 Å². The lowest BCUT2D eigenvalue weighted by atomic mass is 9.99. The molecule has 2 rings (SSSR count). The molecular weight excluding hydrogens is 384 g/mol. The molecule has 0 spiro atoms. The lowest BCUT2D eigenvalue weighted by molar-refractivity contribution is 0.386. The fraction of sp³-hybridized carbons (Fsp3) is 0.250. The molecule has 0 fully saturated rings. The van der Waals surface area contributed by atoms with E-state index in [-0.39, 0.29) is 4.83 Å². The number of halogens is 2. The van der Waals surface area contributed by atoms with Gasteiger partial charge in [-0.2, -0.15) is 0 Å². The van der Waals surface area contributed by atoms with Gasteiger partial charge in [-0.15, -0.1) is 0 Å². The molecule has 0 radical (unpaired) electrons. The summed E-state index contributed by atoms with van der Waals surface area (Å²) in [6.45, 7) is 2.11. The fourth-order valence-electron chi connectivity index (χ4n) is 2.16. The van der Waals surface area contributed by atoms with Gasteiger partial charge in [-0.3, -0.25) is 0 Å². The van der Waals surface area contributed by atoms with Crippen LogP contribution in [0.5, 0.6) is 11.5 Å². The molecule has 2 aromatic rings. The molecule has 0 bridgehead atoms. The van der Waals surface area contributed by atoms with Crippen molar-refractivity contribution in [2.24, 2.45) is 0 Å². The first kappa shape index (κ1) is 15.4. The predicted molar refractivity (Wildman–Crippen MR) is 89.2 cm³/mol. The van der Waals surface area contributed by atoms with Gasteiger partial charge in [0.05, 0.1) is 19.0 Å². The average Bonchev–Trinajstić information content (AvgIpc) is 2.46. The van der Waals surface area contributed by atoms with Crippen LogP contribution >= 0.6 is 31.9 Å². The summed E-state index contributed by atoms with van der Waals surface area (Å²) < 4.78 is 11.7. The molecule has 0 aliphatic carbocycles. The average molecular weight is 400 g/mol. The zero-order valence-electron chi connectivity index (χ0n) is 11.6. The number of alkyl halides is 1. The van der Waals surface area contributed by atoms with Gasteiger partial charge in [0.2, 0.25) is 0 Å². The van der Waals surface area contributed by atoms with Crippen LogP contribution in [0, 0.1) is 6.92 Å². The molecule has 0 saturated heterocycles. The molecule has 1 unspecified atom stereocenters. The van der Waals surface area contributed by atoms with Gasteiger partial charge in [0, 0.05) is 5.56 Å². The summed E-state index contributed by atoms with van der Waals surface area (Å²) in [5.74, 6) is 1.55. The number of methoxy groups -OCH3 is 2. The number of hydrogen-bond acceptors (Lipinski definition) is 2. The van der Waals surface area contributed by atoms with Crippen LogP contribution in [-0.2, 0) is 0 Å². The van der Waals surface area contributed by atoms with Gasteiger partial charge in [-0.25, -0.2) is 0 Å². The predicted octanol–water partition coefficient (Wildman–Crippen LogP) is 5.26. The van der Waals surface area contributed by atoms with Gasteiger partial charge < -0.3 is 9.47 Å². The highest BCUT2D eigenvalue weighted by Gasteiger charge is 2.20. The van der Waals surface area contributed by atoms with Gasteiger partial charge in [0.1, 0.15) is 16.0 Å². The Morgan fingerprint density at radius 2 is 1.65 bits per heavy atom. The quantitative estimate of drug-likeness (QED) is 0.653. The minimum absolute atomic E-state index is 0.0702. The SMILES string of the molecule is COc1ccc(C(Br)c2ccccc2C)c(OC)c1Br. The molecule has 20 heavy (non-hydrogen) atoms. The molecule has 4 heteroatoms. The van der Waals surface area contributed by atoms with Crippen LogP contribution in [0.15, 0.2) is 40.9 Å². The van der Waals surface area contributed by atoms with E-state index in [9.17, 15) is 0 Å². The molecule has 2 aromatic carbocycles. The zero-order chi connectivity index (χ0) is 14.7. The maximum atomic E-state index is 5.54. The second-order valence-corrected chi connectivity index (χ2v) is 6.13. The molecule has 1 atom stereocenters. The molecule has 0 aliphatic heterocycles. The summed E-state index contributed by atoms with van der Waals surface area (Å²) in [7, 11) is 3.31.